The number of carboxylic acid groups (broad SMARTS) is 1. The van der Waals surface area contributed by atoms with Crippen LogP contribution in [-0.2, 0) is 13.0 Å². The minimum Gasteiger partial charge on any atom is -0.476 e. The number of aliphatic hydroxyl groups is 1. The average molecular weight is 267 g/mol. The molecule has 0 saturated carbocycles. The number of halogens is 3. The van der Waals surface area contributed by atoms with Gasteiger partial charge >= 0.3 is 12.1 Å². The van der Waals surface area contributed by atoms with E-state index in [0.717, 1.165) is 4.68 Å². The zero-order chi connectivity index (χ0) is 13.9. The van der Waals surface area contributed by atoms with Crippen molar-refractivity contribution in [2.24, 2.45) is 0 Å². The summed E-state index contributed by atoms with van der Waals surface area (Å²) >= 11 is 0. The fourth-order valence-corrected chi connectivity index (χ4v) is 1.40. The van der Waals surface area contributed by atoms with Crippen LogP contribution in [0, 0.1) is 0 Å². The van der Waals surface area contributed by atoms with Crippen LogP contribution in [-0.4, -0.2) is 43.5 Å². The van der Waals surface area contributed by atoms with E-state index < -0.39 is 24.8 Å². The topological polar surface area (TPSA) is 88.2 Å². The molecule has 0 amide bonds. The van der Waals surface area contributed by atoms with Crippen molar-refractivity contribution >= 4 is 5.97 Å². The van der Waals surface area contributed by atoms with Gasteiger partial charge < -0.3 is 10.2 Å². The first-order chi connectivity index (χ1) is 8.27. The van der Waals surface area contributed by atoms with Gasteiger partial charge in [-0.25, -0.2) is 9.48 Å². The van der Waals surface area contributed by atoms with Crippen molar-refractivity contribution in [3.8, 4) is 0 Å². The van der Waals surface area contributed by atoms with E-state index in [9.17, 15) is 18.0 Å². The van der Waals surface area contributed by atoms with Crippen LogP contribution in [0.2, 0.25) is 0 Å². The SMILES string of the molecule is CCCc1c(C(=O)O)nnn1CC(O)C(F)(F)F. The number of hydrogen-bond donors (Lipinski definition) is 2. The van der Waals surface area contributed by atoms with Crippen LogP contribution in [0.1, 0.15) is 29.5 Å². The molecule has 1 unspecified atom stereocenters. The van der Waals surface area contributed by atoms with E-state index in [1.54, 1.807) is 6.92 Å². The molecule has 0 fully saturated rings. The summed E-state index contributed by atoms with van der Waals surface area (Å²) in [5, 5.41) is 24.4. The summed E-state index contributed by atoms with van der Waals surface area (Å²) in [5.41, 5.74) is -0.306. The van der Waals surface area contributed by atoms with Crippen LogP contribution in [0.4, 0.5) is 13.2 Å². The van der Waals surface area contributed by atoms with Gasteiger partial charge in [-0.1, -0.05) is 18.6 Å². The predicted molar refractivity (Wildman–Crippen MR) is 53.0 cm³/mol. The third-order valence-electron chi connectivity index (χ3n) is 2.25. The maximum absolute atomic E-state index is 12.2. The number of nitrogens with zero attached hydrogens (tertiary/aromatic N) is 3. The van der Waals surface area contributed by atoms with Gasteiger partial charge in [0.2, 0.25) is 0 Å². The lowest BCUT2D eigenvalue weighted by atomic mass is 10.2. The Morgan fingerprint density at radius 2 is 2.11 bits per heavy atom. The third-order valence-corrected chi connectivity index (χ3v) is 2.25. The summed E-state index contributed by atoms with van der Waals surface area (Å²) in [5.74, 6) is -1.36. The van der Waals surface area contributed by atoms with E-state index in [-0.39, 0.29) is 17.8 Å². The highest BCUT2D eigenvalue weighted by Gasteiger charge is 2.39. The first kappa shape index (κ1) is 14.4. The van der Waals surface area contributed by atoms with Crippen molar-refractivity contribution in [3.63, 3.8) is 0 Å². The van der Waals surface area contributed by atoms with E-state index in [1.807, 2.05) is 0 Å². The molecule has 1 atom stereocenters. The van der Waals surface area contributed by atoms with Gasteiger partial charge in [0.1, 0.15) is 0 Å². The Kier molecular flexibility index (Phi) is 4.28. The second-order valence-corrected chi connectivity index (χ2v) is 3.68. The summed E-state index contributed by atoms with van der Waals surface area (Å²) in [7, 11) is 0. The maximum atomic E-state index is 12.2. The molecule has 0 aliphatic rings. The van der Waals surface area contributed by atoms with Crippen LogP contribution < -0.4 is 0 Å². The fraction of sp³-hybridized carbons (Fsp3) is 0.667. The Morgan fingerprint density at radius 3 is 2.56 bits per heavy atom. The Morgan fingerprint density at radius 1 is 1.50 bits per heavy atom. The predicted octanol–water partition coefficient (Wildman–Crippen LogP) is 0.852. The third kappa shape index (κ3) is 3.19. The van der Waals surface area contributed by atoms with Gasteiger partial charge in [-0.05, 0) is 6.42 Å². The molecule has 9 heteroatoms. The Hall–Kier alpha value is -1.64. The number of carboxylic acids is 1. The molecule has 0 saturated heterocycles. The maximum Gasteiger partial charge on any atom is 0.416 e. The molecule has 0 aliphatic carbocycles. The van der Waals surface area contributed by atoms with Gasteiger partial charge in [-0.15, -0.1) is 5.10 Å². The van der Waals surface area contributed by atoms with Gasteiger partial charge in [0.05, 0.1) is 12.2 Å². The van der Waals surface area contributed by atoms with Crippen LogP contribution in [0.3, 0.4) is 0 Å². The zero-order valence-corrected chi connectivity index (χ0v) is 9.48. The van der Waals surface area contributed by atoms with Crippen molar-refractivity contribution in [1.82, 2.24) is 15.0 Å². The highest BCUT2D eigenvalue weighted by molar-refractivity contribution is 5.86. The minimum atomic E-state index is -4.78. The van der Waals surface area contributed by atoms with Crippen molar-refractivity contribution < 1.29 is 28.2 Å². The van der Waals surface area contributed by atoms with E-state index in [2.05, 4.69) is 10.3 Å². The second kappa shape index (κ2) is 5.34. The lowest BCUT2D eigenvalue weighted by molar-refractivity contribution is -0.208. The largest absolute Gasteiger partial charge is 0.476 e. The quantitative estimate of drug-likeness (QED) is 0.825. The van der Waals surface area contributed by atoms with Crippen molar-refractivity contribution in [2.45, 2.75) is 38.6 Å². The Bertz CT molecular complexity index is 430. The molecule has 18 heavy (non-hydrogen) atoms. The number of alkyl halides is 3. The number of aromatic carboxylic acids is 1. The fourth-order valence-electron chi connectivity index (χ4n) is 1.40. The van der Waals surface area contributed by atoms with Gasteiger partial charge in [-0.2, -0.15) is 13.2 Å². The molecule has 0 bridgehead atoms. The van der Waals surface area contributed by atoms with Gasteiger partial charge in [0.15, 0.2) is 11.8 Å². The number of aliphatic hydroxyl groups excluding tert-OH is 1. The summed E-state index contributed by atoms with van der Waals surface area (Å²) in [6.07, 6.45) is -6.63. The standard InChI is InChI=1S/C9H12F3N3O3/c1-2-3-5-7(8(17)18)13-14-15(5)4-6(16)9(10,11)12/h6,16H,2-4H2,1H3,(H,17,18). The van der Waals surface area contributed by atoms with E-state index in [4.69, 9.17) is 10.2 Å². The normalized spacial score (nSPS) is 13.6. The molecule has 2 N–H and O–H groups in total. The molecular weight excluding hydrogens is 255 g/mol. The molecule has 0 aromatic carbocycles. The number of hydrogen-bond acceptors (Lipinski definition) is 4. The zero-order valence-electron chi connectivity index (χ0n) is 9.48. The summed E-state index contributed by atoms with van der Waals surface area (Å²) in [6, 6.07) is 0. The lowest BCUT2D eigenvalue weighted by Crippen LogP contribution is -2.33. The molecule has 0 spiro atoms. The number of carbonyl (C=O) groups is 1. The van der Waals surface area contributed by atoms with E-state index >= 15 is 0 Å². The van der Waals surface area contributed by atoms with Crippen LogP contribution in [0.25, 0.3) is 0 Å². The first-order valence-corrected chi connectivity index (χ1v) is 5.17. The lowest BCUT2D eigenvalue weighted by Gasteiger charge is -2.15. The molecule has 0 aliphatic heterocycles. The minimum absolute atomic E-state index is 0.0771. The first-order valence-electron chi connectivity index (χ1n) is 5.17. The van der Waals surface area contributed by atoms with Crippen LogP contribution in [0.15, 0.2) is 0 Å². The highest BCUT2D eigenvalue weighted by atomic mass is 19.4. The Balaban J connectivity index is 2.99. The molecule has 6 nitrogen and oxygen atoms in total. The summed E-state index contributed by atoms with van der Waals surface area (Å²) in [4.78, 5) is 10.8. The summed E-state index contributed by atoms with van der Waals surface area (Å²) in [6.45, 7) is 0.877. The van der Waals surface area contributed by atoms with E-state index in [1.165, 1.54) is 0 Å². The monoisotopic (exact) mass is 267 g/mol. The molecule has 102 valence electrons. The van der Waals surface area contributed by atoms with Crippen molar-refractivity contribution in [3.05, 3.63) is 11.4 Å². The highest BCUT2D eigenvalue weighted by Crippen LogP contribution is 2.22. The van der Waals surface area contributed by atoms with Crippen LogP contribution in [0.5, 0.6) is 0 Å². The number of aromatic nitrogens is 3. The summed E-state index contributed by atoms with van der Waals surface area (Å²) < 4.78 is 37.4. The van der Waals surface area contributed by atoms with Gasteiger partial charge in [0.25, 0.3) is 0 Å². The molecule has 1 rings (SSSR count). The van der Waals surface area contributed by atoms with E-state index in [0.29, 0.717) is 6.42 Å². The molecular formula is C9H12F3N3O3. The van der Waals surface area contributed by atoms with Crippen LogP contribution >= 0.6 is 0 Å². The average Bonchev–Trinajstić information content (AvgIpc) is 2.61. The van der Waals surface area contributed by atoms with Crippen molar-refractivity contribution in [2.75, 3.05) is 0 Å². The number of rotatable bonds is 5. The molecule has 1 heterocycles. The molecule has 1 aromatic heterocycles. The second-order valence-electron chi connectivity index (χ2n) is 3.68. The smallest absolute Gasteiger partial charge is 0.416 e. The Labute approximate surface area is 100 Å². The molecule has 0 radical (unpaired) electrons. The van der Waals surface area contributed by atoms with Gasteiger partial charge in [0, 0.05) is 0 Å². The van der Waals surface area contributed by atoms with Crippen molar-refractivity contribution in [1.29, 1.82) is 0 Å². The van der Waals surface area contributed by atoms with Gasteiger partial charge in [-0.3, -0.25) is 0 Å². The molecule has 1 aromatic rings.